The fourth-order valence-electron chi connectivity index (χ4n) is 4.35. The maximum atomic E-state index is 6.43. The van der Waals surface area contributed by atoms with Gasteiger partial charge in [0, 0.05) is 35.2 Å². The van der Waals surface area contributed by atoms with Crippen molar-refractivity contribution >= 4 is 29.7 Å². The van der Waals surface area contributed by atoms with Gasteiger partial charge >= 0.3 is 0 Å². The zero-order valence-corrected chi connectivity index (χ0v) is 17.3. The third kappa shape index (κ3) is 3.39. The fourth-order valence-corrected chi connectivity index (χ4v) is 4.56. The average molecular weight is 419 g/mol. The number of ether oxygens (including phenoxy) is 1. The molecule has 0 spiro atoms. The molecule has 1 aliphatic carbocycles. The van der Waals surface area contributed by atoms with Crippen LogP contribution in [0, 0.1) is 0 Å². The average Bonchev–Trinajstić information content (AvgIpc) is 3.16. The summed E-state index contributed by atoms with van der Waals surface area (Å²) in [7, 11) is 0. The summed E-state index contributed by atoms with van der Waals surface area (Å²) < 4.78 is 5.67. The molecule has 1 unspecified atom stereocenters. The second-order valence-corrected chi connectivity index (χ2v) is 8.09. The highest BCUT2D eigenvalue weighted by Crippen LogP contribution is 2.35. The Bertz CT molecular complexity index is 1170. The molecule has 0 radical (unpaired) electrons. The number of nitrogens with one attached hydrogen (secondary N) is 1. The molecule has 0 amide bonds. The molecule has 3 aromatic rings. The molecule has 5 nitrogen and oxygen atoms in total. The maximum Gasteiger partial charge on any atom is 0.226 e. The van der Waals surface area contributed by atoms with E-state index < -0.39 is 0 Å². The number of alkyl halides is 1. The van der Waals surface area contributed by atoms with Crippen molar-refractivity contribution in [3.63, 3.8) is 0 Å². The van der Waals surface area contributed by atoms with Crippen LogP contribution < -0.4 is 20.2 Å². The third-order valence-electron chi connectivity index (χ3n) is 5.66. The van der Waals surface area contributed by atoms with E-state index in [4.69, 9.17) is 16.3 Å². The minimum Gasteiger partial charge on any atom is -0.490 e. The predicted octanol–water partition coefficient (Wildman–Crippen LogP) is 3.09. The Balaban J connectivity index is 1.62. The van der Waals surface area contributed by atoms with Gasteiger partial charge in [-0.25, -0.2) is 9.97 Å². The number of benzene rings is 1. The number of halogens is 1. The van der Waals surface area contributed by atoms with E-state index in [-0.39, 0.29) is 11.4 Å². The van der Waals surface area contributed by atoms with Crippen LogP contribution in [0.3, 0.4) is 0 Å². The molecule has 6 heteroatoms. The number of hydrogen-bond acceptors (Lipinski definition) is 4. The van der Waals surface area contributed by atoms with Gasteiger partial charge in [0.25, 0.3) is 0 Å². The van der Waals surface area contributed by atoms with Crippen LogP contribution in [0.5, 0.6) is 5.75 Å². The summed E-state index contributed by atoms with van der Waals surface area (Å²) in [6.07, 6.45) is 11.5. The predicted molar refractivity (Wildman–Crippen MR) is 120 cm³/mol. The first-order chi connectivity index (χ1) is 14.7. The molecule has 5 rings (SSSR count). The first-order valence-corrected chi connectivity index (χ1v) is 10.6. The van der Waals surface area contributed by atoms with Gasteiger partial charge in [0.15, 0.2) is 0 Å². The van der Waals surface area contributed by atoms with Crippen LogP contribution >= 0.6 is 11.6 Å². The first kappa shape index (κ1) is 18.9. The van der Waals surface area contributed by atoms with E-state index in [2.05, 4.69) is 50.7 Å². The van der Waals surface area contributed by atoms with Gasteiger partial charge in [0.05, 0.1) is 11.4 Å². The third-order valence-corrected chi connectivity index (χ3v) is 5.97. The Morgan fingerprint density at radius 2 is 2.03 bits per heavy atom. The molecular weight excluding hydrogens is 396 g/mol. The molecule has 0 bridgehead atoms. The van der Waals surface area contributed by atoms with Crippen LogP contribution in [0.2, 0.25) is 0 Å². The second kappa shape index (κ2) is 8.00. The Morgan fingerprint density at radius 1 is 1.23 bits per heavy atom. The van der Waals surface area contributed by atoms with E-state index in [1.807, 2.05) is 18.2 Å². The van der Waals surface area contributed by atoms with Crippen molar-refractivity contribution in [2.75, 3.05) is 18.1 Å². The highest BCUT2D eigenvalue weighted by molar-refractivity contribution is 6.24. The van der Waals surface area contributed by atoms with Gasteiger partial charge in [-0.3, -0.25) is 0 Å². The number of nitrogens with zero attached hydrogens (tertiary/aromatic N) is 3. The molecule has 152 valence electrons. The molecule has 0 saturated carbocycles. The second-order valence-electron chi connectivity index (χ2n) is 7.53. The molecule has 1 aliphatic heterocycles. The van der Waals surface area contributed by atoms with Crippen molar-refractivity contribution in [1.29, 1.82) is 0 Å². The van der Waals surface area contributed by atoms with E-state index in [9.17, 15) is 0 Å². The number of anilines is 1. The summed E-state index contributed by atoms with van der Waals surface area (Å²) in [5, 5.41) is 2.47. The maximum absolute atomic E-state index is 6.43. The Labute approximate surface area is 180 Å². The van der Waals surface area contributed by atoms with Crippen molar-refractivity contribution in [2.24, 2.45) is 0 Å². The summed E-state index contributed by atoms with van der Waals surface area (Å²) in [4.78, 5) is 15.0. The summed E-state index contributed by atoms with van der Waals surface area (Å²) in [6, 6.07) is 10.1. The number of fused-ring (bicyclic) bond motifs is 3. The number of H-pyrrole nitrogens is 1. The van der Waals surface area contributed by atoms with Crippen LogP contribution in [0.15, 0.2) is 55.4 Å². The number of aromatic amines is 1. The molecule has 0 saturated heterocycles. The lowest BCUT2D eigenvalue weighted by atomic mass is 9.92. The number of hydrogen-bond donors (Lipinski definition) is 1. The quantitative estimate of drug-likeness (QED) is 0.511. The van der Waals surface area contributed by atoms with Crippen LogP contribution in [-0.2, 0) is 6.42 Å². The SMILES string of the molecule is C=CCOc1ccc([C@H]2c3[nH]c4c(c3CCN2c2ncccn2)=CC(Cl)CC=4)cc1. The van der Waals surface area contributed by atoms with Crippen LogP contribution in [0.25, 0.3) is 12.2 Å². The van der Waals surface area contributed by atoms with Gasteiger partial charge in [-0.1, -0.05) is 36.9 Å². The van der Waals surface area contributed by atoms with Crippen molar-refractivity contribution < 1.29 is 4.74 Å². The van der Waals surface area contributed by atoms with E-state index >= 15 is 0 Å². The normalized spacial score (nSPS) is 19.8. The van der Waals surface area contributed by atoms with Gasteiger partial charge in [-0.15, -0.1) is 11.6 Å². The largest absolute Gasteiger partial charge is 0.490 e. The Morgan fingerprint density at radius 3 is 2.80 bits per heavy atom. The number of rotatable bonds is 5. The monoisotopic (exact) mass is 418 g/mol. The molecule has 2 atom stereocenters. The smallest absolute Gasteiger partial charge is 0.226 e. The van der Waals surface area contributed by atoms with E-state index in [1.165, 1.54) is 21.8 Å². The van der Waals surface area contributed by atoms with Gasteiger partial charge in [0.1, 0.15) is 12.4 Å². The molecule has 0 fully saturated rings. The highest BCUT2D eigenvalue weighted by Gasteiger charge is 2.33. The Hall–Kier alpha value is -3.05. The van der Waals surface area contributed by atoms with Gasteiger partial charge < -0.3 is 14.6 Å². The zero-order valence-electron chi connectivity index (χ0n) is 16.6. The molecule has 2 aliphatic rings. The summed E-state index contributed by atoms with van der Waals surface area (Å²) in [6.45, 7) is 5.03. The molecule has 30 heavy (non-hydrogen) atoms. The summed E-state index contributed by atoms with van der Waals surface area (Å²) in [5.74, 6) is 1.56. The van der Waals surface area contributed by atoms with Crippen molar-refractivity contribution in [1.82, 2.24) is 15.0 Å². The van der Waals surface area contributed by atoms with Crippen LogP contribution in [-0.4, -0.2) is 33.5 Å². The topological polar surface area (TPSA) is 54.0 Å². The van der Waals surface area contributed by atoms with Gasteiger partial charge in [-0.2, -0.15) is 0 Å². The van der Waals surface area contributed by atoms with Crippen molar-refractivity contribution in [3.8, 4) is 5.75 Å². The van der Waals surface area contributed by atoms with E-state index in [1.54, 1.807) is 18.5 Å². The first-order valence-electron chi connectivity index (χ1n) is 10.2. The van der Waals surface area contributed by atoms with Crippen LogP contribution in [0.1, 0.15) is 29.3 Å². The summed E-state index contributed by atoms with van der Waals surface area (Å²) >= 11 is 6.43. The van der Waals surface area contributed by atoms with Crippen molar-refractivity contribution in [3.05, 3.63) is 82.8 Å². The Kier molecular flexibility index (Phi) is 5.05. The fraction of sp³-hybridized carbons (Fsp3) is 0.250. The lowest BCUT2D eigenvalue weighted by Gasteiger charge is -2.36. The number of aromatic nitrogens is 3. The molecule has 2 aromatic heterocycles. The van der Waals surface area contributed by atoms with Gasteiger partial charge in [-0.05, 0) is 42.2 Å². The molecule has 1 N–H and O–H groups in total. The zero-order chi connectivity index (χ0) is 20.5. The highest BCUT2D eigenvalue weighted by atomic mass is 35.5. The standard InChI is InChI=1S/C24H23ClN4O/c1-2-14-30-18-7-4-16(5-8-18)23-22-19(20-15-17(25)6-9-21(20)28-22)10-13-29(23)24-26-11-3-12-27-24/h2-5,7-9,11-12,15,17,23,28H,1,6,10,13-14H2/t17?,23-/m0/s1. The minimum absolute atomic E-state index is 0.00854. The lowest BCUT2D eigenvalue weighted by molar-refractivity contribution is 0.363. The van der Waals surface area contributed by atoms with E-state index in [0.717, 1.165) is 36.6 Å². The molecular formula is C24H23ClN4O. The van der Waals surface area contributed by atoms with Crippen LogP contribution in [0.4, 0.5) is 5.95 Å². The lowest BCUT2D eigenvalue weighted by Crippen LogP contribution is -2.39. The molecule has 1 aromatic carbocycles. The molecule has 3 heterocycles. The summed E-state index contributed by atoms with van der Waals surface area (Å²) in [5.41, 5.74) is 3.70. The minimum atomic E-state index is -0.00854. The van der Waals surface area contributed by atoms with Gasteiger partial charge in [0.2, 0.25) is 5.95 Å². The van der Waals surface area contributed by atoms with E-state index in [0.29, 0.717) is 6.61 Å². The van der Waals surface area contributed by atoms with Crippen molar-refractivity contribution in [2.45, 2.75) is 24.3 Å².